The molecule has 1 saturated heterocycles. The normalized spacial score (nSPS) is 15.5. The summed E-state index contributed by atoms with van der Waals surface area (Å²) in [7, 11) is 0. The molecule has 1 aliphatic rings. The smallest absolute Gasteiger partial charge is 0.321 e. The Morgan fingerprint density at radius 3 is 1.58 bits per heavy atom. The summed E-state index contributed by atoms with van der Waals surface area (Å²) in [6.45, 7) is 4.34. The molecule has 0 aromatic carbocycles. The molecule has 1 aromatic rings. The third-order valence-electron chi connectivity index (χ3n) is 5.89. The molecule has 1 aliphatic heterocycles. The summed E-state index contributed by atoms with van der Waals surface area (Å²) in [6.07, 6.45) is 5.71. The monoisotopic (exact) mass is 744 g/mol. The van der Waals surface area contributed by atoms with E-state index in [1.165, 1.54) is 6.33 Å². The van der Waals surface area contributed by atoms with Gasteiger partial charge in [0.25, 0.3) is 0 Å². The van der Waals surface area contributed by atoms with E-state index in [2.05, 4.69) is 33.6 Å². The van der Waals surface area contributed by atoms with Crippen LogP contribution >= 0.6 is 12.6 Å². The molecule has 0 radical (unpaired) electrons. The number of nitrogens with zero attached hydrogens (tertiary/aromatic N) is 1. The van der Waals surface area contributed by atoms with E-state index < -0.39 is 66.0 Å². The predicted molar refractivity (Wildman–Crippen MR) is 180 cm³/mol. The van der Waals surface area contributed by atoms with Crippen LogP contribution in [-0.2, 0) is 40.0 Å². The van der Waals surface area contributed by atoms with Gasteiger partial charge in [0, 0.05) is 30.5 Å². The number of hydrogen-bond acceptors (Lipinski definition) is 15. The lowest BCUT2D eigenvalue weighted by Gasteiger charge is -2.11. The number of imidazole rings is 1. The fraction of sp³-hybridized carbons (Fsp3) is 0.630. The SMILES string of the molecule is CCC(C)C(N)C(=O)O.NC(CCC(=O)O)C(=O)O.NC(CS)C(=O)O.NC(Cc1cnc[nH]1)C(=O)O.NCC(=O)O.O=C(O)C1CCCN1. The highest BCUT2D eigenvalue weighted by Crippen LogP contribution is 2.04. The minimum atomic E-state index is -1.17. The molecule has 2 rings (SSSR count). The van der Waals surface area contributed by atoms with Crippen LogP contribution in [0.5, 0.6) is 0 Å². The van der Waals surface area contributed by atoms with Crippen LogP contribution in [0.2, 0.25) is 0 Å². The van der Waals surface area contributed by atoms with Gasteiger partial charge in [0.2, 0.25) is 0 Å². The molecular weight excluding hydrogens is 692 g/mol. The Labute approximate surface area is 293 Å². The van der Waals surface area contributed by atoms with Gasteiger partial charge in [-0.3, -0.25) is 33.6 Å². The van der Waals surface area contributed by atoms with Crippen molar-refractivity contribution in [2.75, 3.05) is 18.8 Å². The Morgan fingerprint density at radius 1 is 0.860 bits per heavy atom. The maximum absolute atomic E-state index is 10.3. The average molecular weight is 745 g/mol. The molecule has 1 aromatic heterocycles. The minimum absolute atomic E-state index is 0.0231. The van der Waals surface area contributed by atoms with Crippen LogP contribution in [0.1, 0.15) is 51.6 Å². The van der Waals surface area contributed by atoms with Gasteiger partial charge >= 0.3 is 41.8 Å². The highest BCUT2D eigenvalue weighted by atomic mass is 32.1. The van der Waals surface area contributed by atoms with E-state index in [0.717, 1.165) is 31.5 Å². The number of nitrogens with one attached hydrogen (secondary N) is 2. The number of carboxylic acids is 7. The Balaban J connectivity index is -0.000000258. The second-order valence-electron chi connectivity index (χ2n) is 10.1. The average Bonchev–Trinajstić information content (AvgIpc) is 3.79. The van der Waals surface area contributed by atoms with Crippen LogP contribution in [0, 0.1) is 5.92 Å². The molecule has 22 nitrogen and oxygen atoms in total. The molecule has 19 N–H and O–H groups in total. The highest BCUT2D eigenvalue weighted by Gasteiger charge is 2.20. The van der Waals surface area contributed by atoms with Crippen LogP contribution in [-0.4, -0.2) is 137 Å². The van der Waals surface area contributed by atoms with E-state index in [0.29, 0.717) is 0 Å². The molecule has 23 heteroatoms. The topological polar surface area (TPSA) is 432 Å². The molecular formula is C27H52N8O14S. The number of nitrogens with two attached hydrogens (primary N) is 5. The van der Waals surface area contributed by atoms with Gasteiger partial charge in [0.05, 0.1) is 12.9 Å². The summed E-state index contributed by atoms with van der Waals surface area (Å²) < 4.78 is 0. The van der Waals surface area contributed by atoms with Gasteiger partial charge in [-0.2, -0.15) is 12.6 Å². The van der Waals surface area contributed by atoms with E-state index in [-0.39, 0.29) is 43.5 Å². The van der Waals surface area contributed by atoms with Crippen molar-refractivity contribution in [2.24, 2.45) is 34.6 Å². The molecule has 0 amide bonds. The first kappa shape index (κ1) is 52.4. The minimum Gasteiger partial charge on any atom is -0.481 e. The van der Waals surface area contributed by atoms with Crippen LogP contribution in [0.25, 0.3) is 0 Å². The number of rotatable bonds is 14. The number of carboxylic acid groups (broad SMARTS) is 7. The molecule has 6 atom stereocenters. The third kappa shape index (κ3) is 33.5. The third-order valence-corrected chi connectivity index (χ3v) is 6.28. The number of H-pyrrole nitrogens is 1. The lowest BCUT2D eigenvalue weighted by atomic mass is 10.0. The lowest BCUT2D eigenvalue weighted by molar-refractivity contribution is -0.141. The fourth-order valence-electron chi connectivity index (χ4n) is 2.59. The second kappa shape index (κ2) is 31.9. The number of thiol groups is 1. The Kier molecular flexibility index (Phi) is 33.4. The second-order valence-corrected chi connectivity index (χ2v) is 10.4. The molecule has 1 fully saturated rings. The Hall–Kier alpha value is -4.39. The zero-order chi connectivity index (χ0) is 40.0. The van der Waals surface area contributed by atoms with Crippen molar-refractivity contribution >= 4 is 54.4 Å². The van der Waals surface area contributed by atoms with Gasteiger partial charge in [0.1, 0.15) is 30.2 Å². The number of aliphatic carboxylic acids is 7. The predicted octanol–water partition coefficient (Wildman–Crippen LogP) is -2.75. The lowest BCUT2D eigenvalue weighted by Crippen LogP contribution is -2.36. The number of hydrogen-bond donors (Lipinski definition) is 15. The van der Waals surface area contributed by atoms with Gasteiger partial charge in [0.15, 0.2) is 0 Å². The summed E-state index contributed by atoms with van der Waals surface area (Å²) >= 11 is 3.65. The quantitative estimate of drug-likeness (QED) is 0.0858. The van der Waals surface area contributed by atoms with Crippen molar-refractivity contribution in [3.05, 3.63) is 18.2 Å². The van der Waals surface area contributed by atoms with E-state index >= 15 is 0 Å². The zero-order valence-corrected chi connectivity index (χ0v) is 28.6. The number of aromatic nitrogens is 2. The van der Waals surface area contributed by atoms with E-state index in [1.54, 1.807) is 6.20 Å². The van der Waals surface area contributed by atoms with Crippen molar-refractivity contribution in [3.8, 4) is 0 Å². The van der Waals surface area contributed by atoms with Gasteiger partial charge in [-0.15, -0.1) is 0 Å². The molecule has 0 saturated carbocycles. The van der Waals surface area contributed by atoms with Crippen LogP contribution < -0.4 is 34.0 Å². The summed E-state index contributed by atoms with van der Waals surface area (Å²) in [5, 5.41) is 59.9. The molecule has 50 heavy (non-hydrogen) atoms. The van der Waals surface area contributed by atoms with Crippen molar-refractivity contribution < 1.29 is 69.3 Å². The number of aromatic amines is 1. The van der Waals surface area contributed by atoms with Gasteiger partial charge in [-0.1, -0.05) is 20.3 Å². The van der Waals surface area contributed by atoms with Gasteiger partial charge < -0.3 is 74.7 Å². The van der Waals surface area contributed by atoms with Crippen molar-refractivity contribution in [1.82, 2.24) is 15.3 Å². The maximum atomic E-state index is 10.3. The van der Waals surface area contributed by atoms with E-state index in [9.17, 15) is 33.6 Å². The molecule has 2 heterocycles. The summed E-state index contributed by atoms with van der Waals surface area (Å²) in [5.74, 6) is -6.54. The molecule has 290 valence electrons. The first-order valence-corrected chi connectivity index (χ1v) is 15.3. The molecule has 0 spiro atoms. The van der Waals surface area contributed by atoms with Crippen molar-refractivity contribution in [3.63, 3.8) is 0 Å². The van der Waals surface area contributed by atoms with Crippen LogP contribution in [0.15, 0.2) is 12.5 Å². The highest BCUT2D eigenvalue weighted by molar-refractivity contribution is 7.80. The fourth-order valence-corrected chi connectivity index (χ4v) is 2.75. The standard InChI is InChI=1S/C6H9N3O2.C6H13NO2.C5H9NO4.C5H9NO2.C3H7NO2S.C2H5NO2/c7-5(6(10)11)1-4-2-8-3-9-4;1-3-4(2)5(7)6(8)9;6-3(5(9)10)1-2-4(7)8;7-5(8)4-2-1-3-6-4;4-2(1-7)3(5)6;3-1-2(4)5/h2-3,5H,1,7H2,(H,8,9)(H,10,11);4-5H,3,7H2,1-2H3,(H,8,9);3H,1-2,6H2,(H,7,8)(H,9,10);4,6H,1-3H2,(H,7,8);2,7H,1,4H2,(H,5,6);1,3H2,(H,4,5). The zero-order valence-electron chi connectivity index (χ0n) is 27.8. The summed E-state index contributed by atoms with van der Waals surface area (Å²) in [4.78, 5) is 76.0. The Morgan fingerprint density at radius 2 is 1.36 bits per heavy atom. The van der Waals surface area contributed by atoms with Gasteiger partial charge in [-0.05, 0) is 31.7 Å². The van der Waals surface area contributed by atoms with Crippen LogP contribution in [0.4, 0.5) is 0 Å². The molecule has 6 unspecified atom stereocenters. The van der Waals surface area contributed by atoms with Gasteiger partial charge in [-0.25, -0.2) is 4.98 Å². The Bertz CT molecular complexity index is 1120. The molecule has 0 bridgehead atoms. The van der Waals surface area contributed by atoms with Crippen molar-refractivity contribution in [1.29, 1.82) is 0 Å². The molecule has 0 aliphatic carbocycles. The first-order valence-electron chi connectivity index (χ1n) is 14.7. The van der Waals surface area contributed by atoms with Crippen LogP contribution in [0.3, 0.4) is 0 Å². The summed E-state index contributed by atoms with van der Waals surface area (Å²) in [6, 6.07) is -3.69. The number of carbonyl (C=O) groups is 7. The maximum Gasteiger partial charge on any atom is 0.321 e. The largest absolute Gasteiger partial charge is 0.481 e. The van der Waals surface area contributed by atoms with Crippen molar-refractivity contribution in [2.45, 2.75) is 82.6 Å². The first-order chi connectivity index (χ1) is 23.1. The van der Waals surface area contributed by atoms with E-state index in [4.69, 9.17) is 58.7 Å². The van der Waals surface area contributed by atoms with E-state index in [1.807, 2.05) is 13.8 Å². The summed E-state index contributed by atoms with van der Waals surface area (Å²) in [5.41, 5.74) is 25.8.